The fourth-order valence-corrected chi connectivity index (χ4v) is 4.31. The van der Waals surface area contributed by atoms with Gasteiger partial charge in [0.25, 0.3) is 5.56 Å². The number of hydrogen-bond donors (Lipinski definition) is 3. The summed E-state index contributed by atoms with van der Waals surface area (Å²) in [6.45, 7) is 4.52. The van der Waals surface area contributed by atoms with Gasteiger partial charge < -0.3 is 29.0 Å². The minimum atomic E-state index is -1.55. The van der Waals surface area contributed by atoms with E-state index in [0.717, 1.165) is 6.07 Å². The number of hydrogen-bond acceptors (Lipinski definition) is 8. The average molecular weight is 499 g/mol. The van der Waals surface area contributed by atoms with Gasteiger partial charge in [-0.3, -0.25) is 10.1 Å². The molecule has 1 unspecified atom stereocenters. The maximum Gasteiger partial charge on any atom is 0.412 e. The molecule has 1 atom stereocenters. The molecule has 3 aromatic rings. The fraction of sp³-hybridized carbons (Fsp3) is 0.360. The molecular formula is C25H26FN3O7. The number of rotatable bonds is 6. The van der Waals surface area contributed by atoms with Gasteiger partial charge in [-0.1, -0.05) is 0 Å². The van der Waals surface area contributed by atoms with Crippen molar-refractivity contribution in [3.8, 4) is 11.4 Å². The minimum Gasteiger partial charge on any atom is -0.444 e. The lowest BCUT2D eigenvalue weighted by Crippen LogP contribution is -2.27. The number of methoxy groups -OCH3 is 1. The van der Waals surface area contributed by atoms with Gasteiger partial charge >= 0.3 is 6.09 Å². The van der Waals surface area contributed by atoms with Gasteiger partial charge in [0.2, 0.25) is 0 Å². The molecular weight excluding hydrogens is 473 g/mol. The Kier molecular flexibility index (Phi) is 6.65. The first-order valence-corrected chi connectivity index (χ1v) is 11.1. The summed E-state index contributed by atoms with van der Waals surface area (Å²) in [6.07, 6.45) is -2.08. The summed E-state index contributed by atoms with van der Waals surface area (Å²) in [4.78, 5) is 41.2. The first-order valence-electron chi connectivity index (χ1n) is 11.1. The molecule has 0 bridgehead atoms. The van der Waals surface area contributed by atoms with Gasteiger partial charge in [-0.25, -0.2) is 14.2 Å². The van der Waals surface area contributed by atoms with Gasteiger partial charge in [0, 0.05) is 35.3 Å². The third-order valence-corrected chi connectivity index (χ3v) is 5.82. The molecule has 4 rings (SSSR count). The van der Waals surface area contributed by atoms with Crippen molar-refractivity contribution in [1.29, 1.82) is 0 Å². The Morgan fingerprint density at radius 3 is 2.64 bits per heavy atom. The second-order valence-electron chi connectivity index (χ2n) is 9.42. The van der Waals surface area contributed by atoms with Crippen molar-refractivity contribution >= 4 is 29.0 Å². The number of aldehydes is 1. The summed E-state index contributed by atoms with van der Waals surface area (Å²) >= 11 is 0. The predicted molar refractivity (Wildman–Crippen MR) is 128 cm³/mol. The molecule has 190 valence electrons. The van der Waals surface area contributed by atoms with Crippen molar-refractivity contribution in [2.45, 2.75) is 52.2 Å². The van der Waals surface area contributed by atoms with Gasteiger partial charge in [-0.05, 0) is 38.5 Å². The van der Waals surface area contributed by atoms with E-state index in [2.05, 4.69) is 10.3 Å². The lowest BCUT2D eigenvalue weighted by Gasteiger charge is -2.20. The number of nitrogens with one attached hydrogen (secondary N) is 1. The first-order chi connectivity index (χ1) is 17.0. The third kappa shape index (κ3) is 4.48. The van der Waals surface area contributed by atoms with Gasteiger partial charge in [-0.2, -0.15) is 0 Å². The Balaban J connectivity index is 1.88. The van der Waals surface area contributed by atoms with Crippen molar-refractivity contribution in [2.24, 2.45) is 0 Å². The third-order valence-electron chi connectivity index (χ3n) is 5.82. The number of pyridine rings is 2. The van der Waals surface area contributed by atoms with Gasteiger partial charge in [0.15, 0.2) is 6.29 Å². The van der Waals surface area contributed by atoms with E-state index < -0.39 is 35.8 Å². The number of carbonyl (C=O) groups is 2. The van der Waals surface area contributed by atoms with Crippen LogP contribution in [0.2, 0.25) is 0 Å². The van der Waals surface area contributed by atoms with E-state index in [1.54, 1.807) is 20.8 Å². The second kappa shape index (κ2) is 9.41. The van der Waals surface area contributed by atoms with E-state index in [4.69, 9.17) is 9.47 Å². The van der Waals surface area contributed by atoms with Crippen LogP contribution in [0.3, 0.4) is 0 Å². The minimum absolute atomic E-state index is 0.0583. The van der Waals surface area contributed by atoms with Crippen molar-refractivity contribution in [2.75, 3.05) is 12.4 Å². The Labute approximate surface area is 205 Å². The molecule has 10 nitrogen and oxygen atoms in total. The van der Waals surface area contributed by atoms with Crippen LogP contribution in [0.1, 0.15) is 49.1 Å². The zero-order valence-corrected chi connectivity index (χ0v) is 20.2. The highest BCUT2D eigenvalue weighted by Gasteiger charge is 2.30. The fourth-order valence-electron chi connectivity index (χ4n) is 4.31. The molecule has 0 fully saturated rings. The monoisotopic (exact) mass is 499 g/mol. The molecule has 1 amide bonds. The number of aliphatic hydroxyl groups is 2. The summed E-state index contributed by atoms with van der Waals surface area (Å²) in [6, 6.07) is 3.95. The molecule has 3 N–H and O–H groups in total. The Hall–Kier alpha value is -3.67. The number of anilines is 1. The number of carbonyl (C=O) groups excluding carboxylic acids is 2. The van der Waals surface area contributed by atoms with Gasteiger partial charge in [-0.15, -0.1) is 0 Å². The number of amides is 1. The maximum atomic E-state index is 14.9. The molecule has 0 spiro atoms. The molecule has 3 heterocycles. The van der Waals surface area contributed by atoms with E-state index >= 15 is 0 Å². The standard InChI is InChI=1S/C25H26FN3O7/c1-25(2,3)36-24(34)28-19-5-12-15(9-30)14-8-29-20(22(14)27-18(12)7-17(19)26)6-13(21(32)10-31)16(11-35-4)23(29)33/h5-7,10,21,30,32H,8-9,11H2,1-4H3,(H,28,34). The van der Waals surface area contributed by atoms with Gasteiger partial charge in [0.05, 0.1) is 42.4 Å². The average Bonchev–Trinajstić information content (AvgIpc) is 3.16. The van der Waals surface area contributed by atoms with Crippen molar-refractivity contribution < 1.29 is 33.7 Å². The van der Waals surface area contributed by atoms with Crippen LogP contribution in [0.4, 0.5) is 14.9 Å². The van der Waals surface area contributed by atoms with E-state index in [1.807, 2.05) is 0 Å². The highest BCUT2D eigenvalue weighted by atomic mass is 19.1. The van der Waals surface area contributed by atoms with Crippen LogP contribution < -0.4 is 10.9 Å². The maximum absolute atomic E-state index is 14.9. The lowest BCUT2D eigenvalue weighted by molar-refractivity contribution is -0.115. The van der Waals surface area contributed by atoms with Crippen LogP contribution in [-0.4, -0.2) is 44.9 Å². The first kappa shape index (κ1) is 25.4. The SMILES string of the molecule is COCc1c(C(O)C=O)cc2n(c1=O)Cc1c-2nc2cc(F)c(NC(=O)OC(C)(C)C)cc2c1CO. The second-order valence-corrected chi connectivity index (χ2v) is 9.42. The molecule has 0 saturated carbocycles. The molecule has 1 aliphatic rings. The normalized spacial score (nSPS) is 13.3. The number of aliphatic hydroxyl groups excluding tert-OH is 2. The van der Waals surface area contributed by atoms with Crippen LogP contribution in [0.15, 0.2) is 23.0 Å². The summed E-state index contributed by atoms with van der Waals surface area (Å²) in [5.41, 5.74) is 0.545. The van der Waals surface area contributed by atoms with Gasteiger partial charge in [0.1, 0.15) is 17.5 Å². The summed E-state index contributed by atoms with van der Waals surface area (Å²) in [5.74, 6) is -0.771. The molecule has 0 saturated heterocycles. The van der Waals surface area contributed by atoms with Crippen molar-refractivity contribution in [3.05, 3.63) is 56.6 Å². The summed E-state index contributed by atoms with van der Waals surface area (Å²) < 4.78 is 26.6. The molecule has 36 heavy (non-hydrogen) atoms. The quantitative estimate of drug-likeness (QED) is 0.344. The highest BCUT2D eigenvalue weighted by molar-refractivity contribution is 5.94. The number of halogens is 1. The summed E-state index contributed by atoms with van der Waals surface area (Å²) in [7, 11) is 1.39. The molecule has 2 aromatic heterocycles. The van der Waals surface area contributed by atoms with E-state index in [9.17, 15) is 29.0 Å². The topological polar surface area (TPSA) is 140 Å². The molecule has 11 heteroatoms. The Bertz CT molecular complexity index is 1440. The van der Waals surface area contributed by atoms with E-state index in [-0.39, 0.29) is 35.5 Å². The largest absolute Gasteiger partial charge is 0.444 e. The zero-order valence-electron chi connectivity index (χ0n) is 20.2. The number of benzene rings is 1. The smallest absolute Gasteiger partial charge is 0.412 e. The van der Waals surface area contributed by atoms with Crippen molar-refractivity contribution in [3.63, 3.8) is 0 Å². The van der Waals surface area contributed by atoms with E-state index in [0.29, 0.717) is 34.2 Å². The highest BCUT2D eigenvalue weighted by Crippen LogP contribution is 2.38. The number of aromatic nitrogens is 2. The molecule has 1 aromatic carbocycles. The van der Waals surface area contributed by atoms with Crippen LogP contribution >= 0.6 is 0 Å². The lowest BCUT2D eigenvalue weighted by atomic mass is 9.99. The predicted octanol–water partition coefficient (Wildman–Crippen LogP) is 2.78. The number of ether oxygens (including phenoxy) is 2. The molecule has 1 aliphatic heterocycles. The van der Waals surface area contributed by atoms with Crippen LogP contribution in [0, 0.1) is 5.82 Å². The van der Waals surface area contributed by atoms with Crippen LogP contribution in [0.5, 0.6) is 0 Å². The summed E-state index contributed by atoms with van der Waals surface area (Å²) in [5, 5.41) is 23.2. The molecule has 0 aliphatic carbocycles. The van der Waals surface area contributed by atoms with Crippen LogP contribution in [-0.2, 0) is 34.0 Å². The van der Waals surface area contributed by atoms with E-state index in [1.165, 1.54) is 23.8 Å². The number of nitrogens with zero attached hydrogens (tertiary/aromatic N) is 2. The Morgan fingerprint density at radius 2 is 2.03 bits per heavy atom. The van der Waals surface area contributed by atoms with Crippen molar-refractivity contribution in [1.82, 2.24) is 9.55 Å². The zero-order chi connectivity index (χ0) is 26.4. The number of fused-ring (bicyclic) bond motifs is 4. The molecule has 0 radical (unpaired) electrons. The Morgan fingerprint density at radius 1 is 1.31 bits per heavy atom. The van der Waals surface area contributed by atoms with Crippen LogP contribution in [0.25, 0.3) is 22.3 Å².